The smallest absolute Gasteiger partial charge is 0.326 e. The summed E-state index contributed by atoms with van der Waals surface area (Å²) in [7, 11) is 0. The summed E-state index contributed by atoms with van der Waals surface area (Å²) < 4.78 is 0. The summed E-state index contributed by atoms with van der Waals surface area (Å²) in [6, 6.07) is -6.26. The zero-order valence-corrected chi connectivity index (χ0v) is 18.4. The van der Waals surface area contributed by atoms with Gasteiger partial charge in [-0.2, -0.15) is 0 Å². The van der Waals surface area contributed by atoms with Crippen LogP contribution in [-0.4, -0.2) is 87.1 Å². The number of hydrogen-bond acceptors (Lipinski definition) is 9. The fourth-order valence-electron chi connectivity index (χ4n) is 2.56. The fraction of sp³-hybridized carbons (Fsp3) is 0.611. The van der Waals surface area contributed by atoms with Gasteiger partial charge in [-0.1, -0.05) is 0 Å². The van der Waals surface area contributed by atoms with Gasteiger partial charge in [0, 0.05) is 12.8 Å². The van der Waals surface area contributed by atoms with E-state index < -0.39 is 91.0 Å². The third-order valence-electron chi connectivity index (χ3n) is 4.40. The molecule has 0 saturated heterocycles. The Hall–Kier alpha value is -3.79. The average molecular weight is 490 g/mol. The van der Waals surface area contributed by atoms with Crippen LogP contribution < -0.4 is 33.2 Å². The second kappa shape index (κ2) is 14.4. The normalized spacial score (nSPS) is 15.0. The summed E-state index contributed by atoms with van der Waals surface area (Å²) in [4.78, 5) is 81.4. The number of aliphatic carboxylic acids is 2. The van der Waals surface area contributed by atoms with E-state index in [1.165, 1.54) is 0 Å². The number of nitrogens with one attached hydrogen (secondary N) is 3. The molecule has 0 radical (unpaired) electrons. The minimum atomic E-state index is -1.74. The highest BCUT2D eigenvalue weighted by Gasteiger charge is 2.33. The van der Waals surface area contributed by atoms with E-state index in [0.29, 0.717) is 0 Å². The van der Waals surface area contributed by atoms with Gasteiger partial charge in [0.25, 0.3) is 0 Å². The molecule has 0 aliphatic rings. The first-order valence-electron chi connectivity index (χ1n) is 10.0. The summed E-state index contributed by atoms with van der Waals surface area (Å²) in [5.74, 6) is -7.81. The topological polar surface area (TPSA) is 294 Å². The zero-order valence-electron chi connectivity index (χ0n) is 18.4. The third-order valence-corrected chi connectivity index (χ3v) is 4.40. The SMILES string of the molecule is CC(O)C(NC(=O)C(CC(N)=O)NC(=O)C(N)CCC(N)=O)C(=O)NC(CCC(=O)O)C(=O)O. The average Bonchev–Trinajstić information content (AvgIpc) is 2.71. The van der Waals surface area contributed by atoms with Crippen LogP contribution in [0.1, 0.15) is 39.0 Å². The molecule has 5 unspecified atom stereocenters. The first kappa shape index (κ1) is 30.2. The standard InChI is InChI=1S/C18H30N6O10/c1-7(25)14(17(32)22-9(18(33)34)3-5-13(28)29)24-16(31)10(6-12(21)27)23-15(30)8(19)2-4-11(20)26/h7-10,14,25H,2-6,19H2,1H3,(H2,20,26)(H2,21,27)(H,22,32)(H,23,30)(H,24,31)(H,28,29)(H,33,34). The van der Waals surface area contributed by atoms with Gasteiger partial charge in [-0.3, -0.25) is 28.8 Å². The van der Waals surface area contributed by atoms with Crippen LogP contribution in [0, 0.1) is 0 Å². The third kappa shape index (κ3) is 11.7. The molecule has 0 heterocycles. The molecule has 0 aromatic rings. The molecule has 5 amide bonds. The maximum absolute atomic E-state index is 12.6. The largest absolute Gasteiger partial charge is 0.481 e. The van der Waals surface area contributed by atoms with Gasteiger partial charge < -0.3 is 48.5 Å². The summed E-state index contributed by atoms with van der Waals surface area (Å²) in [5.41, 5.74) is 15.7. The lowest BCUT2D eigenvalue weighted by Gasteiger charge is -2.26. The molecule has 0 rings (SSSR count). The zero-order chi connectivity index (χ0) is 26.6. The van der Waals surface area contributed by atoms with Crippen LogP contribution in [-0.2, 0) is 33.6 Å². The maximum atomic E-state index is 12.6. The minimum absolute atomic E-state index is 0.155. The molecule has 0 saturated carbocycles. The van der Waals surface area contributed by atoms with Crippen molar-refractivity contribution < 1.29 is 48.9 Å². The number of aliphatic hydroxyl groups excluding tert-OH is 1. The number of hydrogen-bond donors (Lipinski definition) is 9. The number of aliphatic hydroxyl groups is 1. The van der Waals surface area contributed by atoms with E-state index in [1.54, 1.807) is 0 Å². The molecular weight excluding hydrogens is 460 g/mol. The number of rotatable bonds is 16. The predicted octanol–water partition coefficient (Wildman–Crippen LogP) is -4.76. The van der Waals surface area contributed by atoms with E-state index >= 15 is 0 Å². The van der Waals surface area contributed by atoms with Crippen molar-refractivity contribution in [1.29, 1.82) is 0 Å². The molecule has 0 aromatic heterocycles. The highest BCUT2D eigenvalue weighted by molar-refractivity contribution is 5.96. The van der Waals surface area contributed by atoms with Gasteiger partial charge in [-0.25, -0.2) is 4.79 Å². The number of carboxylic acids is 2. The summed E-state index contributed by atoms with van der Waals surface area (Å²) in [5, 5.41) is 34.0. The molecule has 0 aromatic carbocycles. The number of carbonyl (C=O) groups is 7. The number of amides is 5. The van der Waals surface area contributed by atoms with E-state index in [-0.39, 0.29) is 12.8 Å². The van der Waals surface area contributed by atoms with Crippen LogP contribution in [0.3, 0.4) is 0 Å². The van der Waals surface area contributed by atoms with Crippen molar-refractivity contribution in [3.63, 3.8) is 0 Å². The Morgan fingerprint density at radius 2 is 1.32 bits per heavy atom. The van der Waals surface area contributed by atoms with Crippen LogP contribution in [0.15, 0.2) is 0 Å². The Labute approximate surface area is 193 Å². The lowest BCUT2D eigenvalue weighted by atomic mass is 10.1. The molecule has 16 heteroatoms. The highest BCUT2D eigenvalue weighted by Crippen LogP contribution is 2.03. The fourth-order valence-corrected chi connectivity index (χ4v) is 2.56. The van der Waals surface area contributed by atoms with Gasteiger partial charge in [-0.05, 0) is 19.8 Å². The van der Waals surface area contributed by atoms with Crippen molar-refractivity contribution in [3.05, 3.63) is 0 Å². The molecule has 5 atom stereocenters. The van der Waals surface area contributed by atoms with Gasteiger partial charge >= 0.3 is 11.9 Å². The lowest BCUT2D eigenvalue weighted by Crippen LogP contribution is -2.60. The van der Waals surface area contributed by atoms with Crippen LogP contribution in [0.25, 0.3) is 0 Å². The van der Waals surface area contributed by atoms with Gasteiger partial charge in [0.05, 0.1) is 18.6 Å². The Morgan fingerprint density at radius 3 is 1.76 bits per heavy atom. The van der Waals surface area contributed by atoms with Crippen LogP contribution in [0.4, 0.5) is 0 Å². The van der Waals surface area contributed by atoms with E-state index in [0.717, 1.165) is 6.92 Å². The molecular formula is C18H30N6O10. The maximum Gasteiger partial charge on any atom is 0.326 e. The first-order chi connectivity index (χ1) is 15.6. The quantitative estimate of drug-likeness (QED) is 0.0988. The molecule has 16 nitrogen and oxygen atoms in total. The molecule has 0 spiro atoms. The van der Waals surface area contributed by atoms with Crippen LogP contribution in [0.2, 0.25) is 0 Å². The second-order valence-electron chi connectivity index (χ2n) is 7.40. The van der Waals surface area contributed by atoms with Crippen molar-refractivity contribution in [2.24, 2.45) is 17.2 Å². The molecule has 0 aliphatic heterocycles. The van der Waals surface area contributed by atoms with E-state index in [9.17, 15) is 38.7 Å². The number of carboxylic acid groups (broad SMARTS) is 2. The van der Waals surface area contributed by atoms with Gasteiger partial charge in [-0.15, -0.1) is 0 Å². The summed E-state index contributed by atoms with van der Waals surface area (Å²) >= 11 is 0. The van der Waals surface area contributed by atoms with Crippen LogP contribution in [0.5, 0.6) is 0 Å². The number of carbonyl (C=O) groups excluding carboxylic acids is 5. The molecule has 0 aliphatic carbocycles. The van der Waals surface area contributed by atoms with Crippen LogP contribution >= 0.6 is 0 Å². The van der Waals surface area contributed by atoms with E-state index in [2.05, 4.69) is 10.6 Å². The molecule has 192 valence electrons. The van der Waals surface area contributed by atoms with E-state index in [4.69, 9.17) is 27.4 Å². The van der Waals surface area contributed by atoms with Gasteiger partial charge in [0.2, 0.25) is 29.5 Å². The van der Waals surface area contributed by atoms with Crippen molar-refractivity contribution in [2.45, 2.75) is 69.3 Å². The van der Waals surface area contributed by atoms with Crippen molar-refractivity contribution in [2.75, 3.05) is 0 Å². The second-order valence-corrected chi connectivity index (χ2v) is 7.40. The Bertz CT molecular complexity index is 802. The van der Waals surface area contributed by atoms with E-state index in [1.807, 2.05) is 5.32 Å². The number of nitrogens with two attached hydrogens (primary N) is 3. The van der Waals surface area contributed by atoms with Crippen molar-refractivity contribution >= 4 is 41.5 Å². The Kier molecular flexibility index (Phi) is 12.8. The lowest BCUT2D eigenvalue weighted by molar-refractivity contribution is -0.144. The molecule has 34 heavy (non-hydrogen) atoms. The monoisotopic (exact) mass is 490 g/mol. The molecule has 0 fully saturated rings. The highest BCUT2D eigenvalue weighted by atomic mass is 16.4. The predicted molar refractivity (Wildman–Crippen MR) is 112 cm³/mol. The van der Waals surface area contributed by atoms with Gasteiger partial charge in [0.1, 0.15) is 18.1 Å². The summed E-state index contributed by atoms with van der Waals surface area (Å²) in [6.07, 6.45) is -3.72. The number of primary amides is 2. The summed E-state index contributed by atoms with van der Waals surface area (Å²) in [6.45, 7) is 1.10. The Morgan fingerprint density at radius 1 is 0.765 bits per heavy atom. The van der Waals surface area contributed by atoms with Crippen molar-refractivity contribution in [3.8, 4) is 0 Å². The van der Waals surface area contributed by atoms with Gasteiger partial charge in [0.15, 0.2) is 0 Å². The first-order valence-corrected chi connectivity index (χ1v) is 10.0. The molecule has 12 N–H and O–H groups in total. The minimum Gasteiger partial charge on any atom is -0.481 e. The molecule has 0 bridgehead atoms. The van der Waals surface area contributed by atoms with Crippen molar-refractivity contribution in [1.82, 2.24) is 16.0 Å². The Balaban J connectivity index is 5.42.